The van der Waals surface area contributed by atoms with E-state index in [1.165, 1.54) is 0 Å². The summed E-state index contributed by atoms with van der Waals surface area (Å²) in [6, 6.07) is 7.14. The van der Waals surface area contributed by atoms with Crippen molar-refractivity contribution in [2.24, 2.45) is 0 Å². The van der Waals surface area contributed by atoms with Crippen molar-refractivity contribution in [1.29, 1.82) is 0 Å². The molecule has 0 aliphatic carbocycles. The first kappa shape index (κ1) is 21.0. The quantitative estimate of drug-likeness (QED) is 0.667. The number of carbonyl (C=O) groups is 2. The minimum atomic E-state index is -0.309. The maximum Gasteiger partial charge on any atom is 0.317 e. The number of rotatable bonds is 7. The van der Waals surface area contributed by atoms with E-state index >= 15 is 0 Å². The van der Waals surface area contributed by atoms with Crippen molar-refractivity contribution in [3.63, 3.8) is 0 Å². The van der Waals surface area contributed by atoms with E-state index in [1.54, 1.807) is 28.6 Å². The summed E-state index contributed by atoms with van der Waals surface area (Å²) in [5.74, 6) is 0.413. The third-order valence-electron chi connectivity index (χ3n) is 4.54. The number of esters is 1. The summed E-state index contributed by atoms with van der Waals surface area (Å²) < 4.78 is 6.53. The van der Waals surface area contributed by atoms with Crippen LogP contribution in [0.25, 0.3) is 5.69 Å². The summed E-state index contributed by atoms with van der Waals surface area (Å²) in [4.78, 5) is 27.5. The number of amides is 2. The molecule has 1 aromatic carbocycles. The number of hydrogen-bond acceptors (Lipinski definition) is 7. The second-order valence-electron chi connectivity index (χ2n) is 6.53. The lowest BCUT2D eigenvalue weighted by molar-refractivity contribution is -0.142. The number of aromatic nitrogens is 4. The van der Waals surface area contributed by atoms with E-state index in [9.17, 15) is 9.59 Å². The molecular formula is C18H24ClN7O3. The summed E-state index contributed by atoms with van der Waals surface area (Å²) in [7, 11) is 0. The first-order valence-electron chi connectivity index (χ1n) is 9.50. The fourth-order valence-electron chi connectivity index (χ4n) is 3.01. The highest BCUT2D eigenvalue weighted by atomic mass is 35.5. The Hall–Kier alpha value is -2.72. The second kappa shape index (κ2) is 10.2. The van der Waals surface area contributed by atoms with E-state index in [1.807, 2.05) is 12.1 Å². The van der Waals surface area contributed by atoms with E-state index in [0.717, 1.165) is 11.5 Å². The lowest BCUT2D eigenvalue weighted by atomic mass is 10.3. The van der Waals surface area contributed by atoms with Crippen molar-refractivity contribution in [1.82, 2.24) is 35.3 Å². The average molecular weight is 422 g/mol. The molecule has 0 spiro atoms. The third-order valence-corrected chi connectivity index (χ3v) is 4.79. The summed E-state index contributed by atoms with van der Waals surface area (Å²) in [6.07, 6.45) is 0.174. The lowest BCUT2D eigenvalue weighted by Gasteiger charge is -2.34. The van der Waals surface area contributed by atoms with Crippen LogP contribution in [-0.4, -0.2) is 81.3 Å². The number of carbonyl (C=O) groups excluding carboxylic acids is 2. The van der Waals surface area contributed by atoms with Gasteiger partial charge < -0.3 is 15.0 Å². The van der Waals surface area contributed by atoms with E-state index < -0.39 is 0 Å². The molecule has 0 saturated carbocycles. The molecule has 156 valence electrons. The fraction of sp³-hybridized carbons (Fsp3) is 0.500. The fourth-order valence-corrected chi connectivity index (χ4v) is 3.14. The van der Waals surface area contributed by atoms with Crippen molar-refractivity contribution >= 4 is 23.6 Å². The van der Waals surface area contributed by atoms with Gasteiger partial charge in [-0.15, -0.1) is 5.10 Å². The van der Waals surface area contributed by atoms with Crippen LogP contribution < -0.4 is 5.32 Å². The molecule has 2 aromatic rings. The highest BCUT2D eigenvalue weighted by molar-refractivity contribution is 6.30. The maximum absolute atomic E-state index is 12.2. The normalized spacial score (nSPS) is 14.6. The Morgan fingerprint density at radius 3 is 2.59 bits per heavy atom. The molecule has 1 saturated heterocycles. The highest BCUT2D eigenvalue weighted by Gasteiger charge is 2.22. The molecule has 0 unspecified atom stereocenters. The van der Waals surface area contributed by atoms with Gasteiger partial charge in [0.2, 0.25) is 0 Å². The van der Waals surface area contributed by atoms with Gasteiger partial charge in [-0.2, -0.15) is 4.68 Å². The van der Waals surface area contributed by atoms with E-state index in [4.69, 9.17) is 16.3 Å². The van der Waals surface area contributed by atoms with Crippen LogP contribution in [0.4, 0.5) is 4.79 Å². The molecule has 1 aromatic heterocycles. The summed E-state index contributed by atoms with van der Waals surface area (Å²) in [6.45, 7) is 5.54. The summed E-state index contributed by atoms with van der Waals surface area (Å²) in [5, 5.41) is 15.4. The zero-order chi connectivity index (χ0) is 20.6. The van der Waals surface area contributed by atoms with Crippen LogP contribution in [0, 0.1) is 0 Å². The smallest absolute Gasteiger partial charge is 0.317 e. The monoisotopic (exact) mass is 421 g/mol. The largest absolute Gasteiger partial charge is 0.466 e. The van der Waals surface area contributed by atoms with Crippen LogP contribution in [0.2, 0.25) is 5.02 Å². The Morgan fingerprint density at radius 1 is 1.17 bits per heavy atom. The van der Waals surface area contributed by atoms with Gasteiger partial charge in [-0.25, -0.2) is 4.79 Å². The van der Waals surface area contributed by atoms with Gasteiger partial charge in [-0.05, 0) is 41.6 Å². The molecule has 0 bridgehead atoms. The van der Waals surface area contributed by atoms with Crippen LogP contribution in [0.5, 0.6) is 0 Å². The first-order valence-corrected chi connectivity index (χ1v) is 9.88. The van der Waals surface area contributed by atoms with E-state index in [-0.39, 0.29) is 25.0 Å². The minimum Gasteiger partial charge on any atom is -0.466 e. The number of tetrazole rings is 1. The third kappa shape index (κ3) is 5.88. The first-order chi connectivity index (χ1) is 14.1. The zero-order valence-electron chi connectivity index (χ0n) is 16.3. The molecule has 0 atom stereocenters. The standard InChI is InChI=1S/C18H24ClN7O3/c1-2-29-17(27)7-8-20-18(28)25-11-9-24(10-12-25)13-16-21-22-23-26(16)15-5-3-14(19)4-6-15/h3-6H,2,7-13H2,1H3,(H,20,28). The van der Waals surface area contributed by atoms with Gasteiger partial charge in [0, 0.05) is 37.7 Å². The van der Waals surface area contributed by atoms with Gasteiger partial charge in [0.15, 0.2) is 5.82 Å². The van der Waals surface area contributed by atoms with Crippen molar-refractivity contribution in [3.8, 4) is 5.69 Å². The Morgan fingerprint density at radius 2 is 1.90 bits per heavy atom. The van der Waals surface area contributed by atoms with Crippen LogP contribution in [0.3, 0.4) is 0 Å². The van der Waals surface area contributed by atoms with Gasteiger partial charge in [-0.3, -0.25) is 9.69 Å². The second-order valence-corrected chi connectivity index (χ2v) is 6.97. The molecule has 11 heteroatoms. The van der Waals surface area contributed by atoms with Crippen molar-refractivity contribution < 1.29 is 14.3 Å². The molecule has 2 amide bonds. The Bertz CT molecular complexity index is 819. The molecule has 1 N–H and O–H groups in total. The number of nitrogens with zero attached hydrogens (tertiary/aromatic N) is 6. The molecule has 1 aliphatic rings. The van der Waals surface area contributed by atoms with Crippen LogP contribution in [-0.2, 0) is 16.1 Å². The van der Waals surface area contributed by atoms with Crippen LogP contribution in [0.1, 0.15) is 19.2 Å². The number of halogens is 1. The molecule has 10 nitrogen and oxygen atoms in total. The van der Waals surface area contributed by atoms with Gasteiger partial charge in [0.1, 0.15) is 0 Å². The minimum absolute atomic E-state index is 0.167. The average Bonchev–Trinajstić information content (AvgIpc) is 3.17. The van der Waals surface area contributed by atoms with Crippen molar-refractivity contribution in [2.45, 2.75) is 19.9 Å². The topological polar surface area (TPSA) is 105 Å². The Kier molecular flexibility index (Phi) is 7.36. The predicted molar refractivity (Wildman–Crippen MR) is 106 cm³/mol. The zero-order valence-corrected chi connectivity index (χ0v) is 17.0. The Labute approximate surface area is 173 Å². The van der Waals surface area contributed by atoms with Crippen molar-refractivity contribution in [3.05, 3.63) is 35.1 Å². The van der Waals surface area contributed by atoms with Gasteiger partial charge >= 0.3 is 12.0 Å². The summed E-state index contributed by atoms with van der Waals surface area (Å²) in [5.41, 5.74) is 0.842. The number of benzene rings is 1. The Balaban J connectivity index is 1.46. The number of nitrogens with one attached hydrogen (secondary N) is 1. The number of urea groups is 1. The molecule has 29 heavy (non-hydrogen) atoms. The molecular weight excluding hydrogens is 398 g/mol. The lowest BCUT2D eigenvalue weighted by Crippen LogP contribution is -2.51. The van der Waals surface area contributed by atoms with E-state index in [2.05, 4.69) is 25.7 Å². The molecule has 3 rings (SSSR count). The molecule has 1 aliphatic heterocycles. The van der Waals surface area contributed by atoms with Crippen molar-refractivity contribution in [2.75, 3.05) is 39.3 Å². The number of hydrogen-bond donors (Lipinski definition) is 1. The molecule has 2 heterocycles. The SMILES string of the molecule is CCOC(=O)CCNC(=O)N1CCN(Cc2nnnn2-c2ccc(Cl)cc2)CC1. The van der Waals surface area contributed by atoms with Gasteiger partial charge in [-0.1, -0.05) is 11.6 Å². The van der Waals surface area contributed by atoms with Crippen LogP contribution >= 0.6 is 11.6 Å². The van der Waals surface area contributed by atoms with Gasteiger partial charge in [0.05, 0.1) is 25.3 Å². The number of piperazine rings is 1. The molecule has 0 radical (unpaired) electrons. The molecule has 1 fully saturated rings. The van der Waals surface area contributed by atoms with E-state index in [0.29, 0.717) is 44.4 Å². The maximum atomic E-state index is 12.2. The summed E-state index contributed by atoms with van der Waals surface area (Å²) >= 11 is 5.94. The predicted octanol–water partition coefficient (Wildman–Crippen LogP) is 1.10. The number of ether oxygens (including phenoxy) is 1. The van der Waals surface area contributed by atoms with Gasteiger partial charge in [0.25, 0.3) is 0 Å². The highest BCUT2D eigenvalue weighted by Crippen LogP contribution is 2.15. The van der Waals surface area contributed by atoms with Crippen LogP contribution in [0.15, 0.2) is 24.3 Å².